The zero-order chi connectivity index (χ0) is 15.2. The highest BCUT2D eigenvalue weighted by molar-refractivity contribution is 6.30. The first-order valence-corrected chi connectivity index (χ1v) is 6.78. The molecule has 0 saturated carbocycles. The Kier molecular flexibility index (Phi) is 5.06. The highest BCUT2D eigenvalue weighted by Crippen LogP contribution is 2.20. The van der Waals surface area contributed by atoms with Gasteiger partial charge in [0.15, 0.2) is 0 Å². The van der Waals surface area contributed by atoms with Gasteiger partial charge >= 0.3 is 5.97 Å². The molecule has 0 aromatic heterocycles. The molecule has 1 atom stereocenters. The fourth-order valence-corrected chi connectivity index (χ4v) is 1.82. The minimum atomic E-state index is -0.852. The molecule has 5 heteroatoms. The van der Waals surface area contributed by atoms with Gasteiger partial charge in [-0.2, -0.15) is 0 Å². The van der Waals surface area contributed by atoms with Crippen LogP contribution in [0.2, 0.25) is 5.02 Å². The standard InChI is InChI=1S/C16H15ClO4/c1-11(16(18)19)12-2-6-14(7-3-12)20-10-21-15-8-4-13(17)5-9-15/h2-9,11H,10H2,1H3,(H,18,19). The summed E-state index contributed by atoms with van der Waals surface area (Å²) in [6, 6.07) is 13.9. The Bertz CT molecular complexity index is 593. The van der Waals surface area contributed by atoms with E-state index in [1.165, 1.54) is 0 Å². The first kappa shape index (κ1) is 15.2. The molecule has 0 radical (unpaired) electrons. The first-order valence-electron chi connectivity index (χ1n) is 6.40. The average molecular weight is 307 g/mol. The Hall–Kier alpha value is -2.20. The zero-order valence-corrected chi connectivity index (χ0v) is 12.2. The number of hydrogen-bond donors (Lipinski definition) is 1. The lowest BCUT2D eigenvalue weighted by Gasteiger charge is -2.10. The van der Waals surface area contributed by atoms with E-state index in [9.17, 15) is 4.79 Å². The van der Waals surface area contributed by atoms with Gasteiger partial charge in [0, 0.05) is 5.02 Å². The van der Waals surface area contributed by atoms with E-state index in [1.54, 1.807) is 55.5 Å². The predicted octanol–water partition coefficient (Wildman–Crippen LogP) is 3.94. The molecule has 0 aliphatic rings. The lowest BCUT2D eigenvalue weighted by Crippen LogP contribution is -2.08. The maximum absolute atomic E-state index is 10.9. The Morgan fingerprint density at radius 2 is 1.52 bits per heavy atom. The van der Waals surface area contributed by atoms with Gasteiger partial charge in [-0.15, -0.1) is 0 Å². The molecule has 0 aliphatic heterocycles. The van der Waals surface area contributed by atoms with Crippen molar-refractivity contribution in [2.75, 3.05) is 6.79 Å². The van der Waals surface area contributed by atoms with Gasteiger partial charge in [0.25, 0.3) is 0 Å². The summed E-state index contributed by atoms with van der Waals surface area (Å²) in [6.07, 6.45) is 0. The number of aliphatic carboxylic acids is 1. The van der Waals surface area contributed by atoms with Crippen LogP contribution in [0.25, 0.3) is 0 Å². The summed E-state index contributed by atoms with van der Waals surface area (Å²) in [5.41, 5.74) is 0.730. The van der Waals surface area contributed by atoms with Crippen LogP contribution >= 0.6 is 11.6 Å². The second-order valence-corrected chi connectivity index (χ2v) is 4.93. The SMILES string of the molecule is CC(C(=O)O)c1ccc(OCOc2ccc(Cl)cc2)cc1. The van der Waals surface area contributed by atoms with E-state index >= 15 is 0 Å². The van der Waals surface area contributed by atoms with Crippen molar-refractivity contribution < 1.29 is 19.4 Å². The summed E-state index contributed by atoms with van der Waals surface area (Å²) in [7, 11) is 0. The molecule has 0 bridgehead atoms. The van der Waals surface area contributed by atoms with E-state index in [2.05, 4.69) is 0 Å². The maximum Gasteiger partial charge on any atom is 0.310 e. The molecule has 1 unspecified atom stereocenters. The molecule has 21 heavy (non-hydrogen) atoms. The van der Waals surface area contributed by atoms with Crippen LogP contribution < -0.4 is 9.47 Å². The molecule has 1 N–H and O–H groups in total. The van der Waals surface area contributed by atoms with E-state index in [0.717, 1.165) is 5.56 Å². The van der Waals surface area contributed by atoms with Crippen molar-refractivity contribution in [3.05, 3.63) is 59.1 Å². The van der Waals surface area contributed by atoms with Crippen molar-refractivity contribution >= 4 is 17.6 Å². The van der Waals surface area contributed by atoms with Gasteiger partial charge in [0.05, 0.1) is 5.92 Å². The van der Waals surface area contributed by atoms with Crippen LogP contribution in [0.1, 0.15) is 18.4 Å². The van der Waals surface area contributed by atoms with Crippen LogP contribution in [0, 0.1) is 0 Å². The van der Waals surface area contributed by atoms with Crippen molar-refractivity contribution in [2.45, 2.75) is 12.8 Å². The van der Waals surface area contributed by atoms with E-state index in [-0.39, 0.29) is 6.79 Å². The van der Waals surface area contributed by atoms with Crippen LogP contribution in [0.5, 0.6) is 11.5 Å². The van der Waals surface area contributed by atoms with E-state index in [4.69, 9.17) is 26.2 Å². The smallest absolute Gasteiger partial charge is 0.310 e. The third kappa shape index (κ3) is 4.39. The lowest BCUT2D eigenvalue weighted by molar-refractivity contribution is -0.138. The third-order valence-corrected chi connectivity index (χ3v) is 3.27. The number of ether oxygens (including phenoxy) is 2. The molecule has 2 aromatic rings. The van der Waals surface area contributed by atoms with Crippen LogP contribution in [0.15, 0.2) is 48.5 Å². The molecule has 0 saturated heterocycles. The maximum atomic E-state index is 10.9. The molecule has 0 spiro atoms. The summed E-state index contributed by atoms with van der Waals surface area (Å²) in [6.45, 7) is 1.71. The number of carboxylic acid groups (broad SMARTS) is 1. The van der Waals surface area contributed by atoms with Crippen molar-refractivity contribution in [1.29, 1.82) is 0 Å². The number of hydrogen-bond acceptors (Lipinski definition) is 3. The molecule has 4 nitrogen and oxygen atoms in total. The molecule has 2 rings (SSSR count). The summed E-state index contributed by atoms with van der Waals surface area (Å²) in [5.74, 6) is -0.111. The van der Waals surface area contributed by atoms with Crippen molar-refractivity contribution in [3.8, 4) is 11.5 Å². The Morgan fingerprint density at radius 3 is 2.00 bits per heavy atom. The van der Waals surface area contributed by atoms with Crippen LogP contribution in [-0.4, -0.2) is 17.9 Å². The lowest BCUT2D eigenvalue weighted by atomic mass is 10.0. The second kappa shape index (κ2) is 6.99. The van der Waals surface area contributed by atoms with E-state index in [0.29, 0.717) is 16.5 Å². The van der Waals surface area contributed by atoms with Crippen LogP contribution in [0.3, 0.4) is 0 Å². The number of benzene rings is 2. The van der Waals surface area contributed by atoms with Gasteiger partial charge in [-0.05, 0) is 48.9 Å². The zero-order valence-electron chi connectivity index (χ0n) is 11.5. The summed E-state index contributed by atoms with van der Waals surface area (Å²) in [4.78, 5) is 10.9. The quantitative estimate of drug-likeness (QED) is 0.821. The first-order chi connectivity index (χ1) is 10.1. The predicted molar refractivity (Wildman–Crippen MR) is 80.1 cm³/mol. The van der Waals surface area contributed by atoms with Gasteiger partial charge in [-0.25, -0.2) is 0 Å². The normalized spacial score (nSPS) is 11.7. The largest absolute Gasteiger partial charge is 0.481 e. The molecule has 0 heterocycles. The topological polar surface area (TPSA) is 55.8 Å². The minimum Gasteiger partial charge on any atom is -0.481 e. The van der Waals surface area contributed by atoms with Crippen molar-refractivity contribution in [1.82, 2.24) is 0 Å². The Morgan fingerprint density at radius 1 is 1.05 bits per heavy atom. The van der Waals surface area contributed by atoms with Gasteiger partial charge in [0.2, 0.25) is 6.79 Å². The van der Waals surface area contributed by atoms with E-state index < -0.39 is 11.9 Å². The van der Waals surface area contributed by atoms with Crippen LogP contribution in [0.4, 0.5) is 0 Å². The number of carboxylic acids is 1. The van der Waals surface area contributed by atoms with Crippen LogP contribution in [-0.2, 0) is 4.79 Å². The van der Waals surface area contributed by atoms with Gasteiger partial charge < -0.3 is 14.6 Å². The highest BCUT2D eigenvalue weighted by Gasteiger charge is 2.13. The molecule has 2 aromatic carbocycles. The molecular weight excluding hydrogens is 292 g/mol. The average Bonchev–Trinajstić information content (AvgIpc) is 2.49. The van der Waals surface area contributed by atoms with Crippen molar-refractivity contribution in [2.24, 2.45) is 0 Å². The number of halogens is 1. The van der Waals surface area contributed by atoms with Gasteiger partial charge in [-0.3, -0.25) is 4.79 Å². The van der Waals surface area contributed by atoms with Crippen molar-refractivity contribution in [3.63, 3.8) is 0 Å². The molecule has 110 valence electrons. The Balaban J connectivity index is 1.86. The highest BCUT2D eigenvalue weighted by atomic mass is 35.5. The monoisotopic (exact) mass is 306 g/mol. The molecule has 0 fully saturated rings. The Labute approximate surface area is 127 Å². The number of carbonyl (C=O) groups is 1. The fourth-order valence-electron chi connectivity index (χ4n) is 1.69. The second-order valence-electron chi connectivity index (χ2n) is 4.49. The van der Waals surface area contributed by atoms with E-state index in [1.807, 2.05) is 0 Å². The fraction of sp³-hybridized carbons (Fsp3) is 0.188. The summed E-state index contributed by atoms with van der Waals surface area (Å²) in [5, 5.41) is 9.58. The molecule has 0 amide bonds. The third-order valence-electron chi connectivity index (χ3n) is 3.02. The van der Waals surface area contributed by atoms with Gasteiger partial charge in [-0.1, -0.05) is 23.7 Å². The minimum absolute atomic E-state index is 0.0649. The summed E-state index contributed by atoms with van der Waals surface area (Å²) >= 11 is 5.78. The molecular formula is C16H15ClO4. The molecule has 0 aliphatic carbocycles. The number of rotatable bonds is 6. The summed E-state index contributed by atoms with van der Waals surface area (Å²) < 4.78 is 10.8. The van der Waals surface area contributed by atoms with Gasteiger partial charge in [0.1, 0.15) is 11.5 Å².